The van der Waals surface area contributed by atoms with Crippen molar-refractivity contribution in [1.82, 2.24) is 15.1 Å². The number of hydrogen-bond donors (Lipinski definition) is 1. The van der Waals surface area contributed by atoms with E-state index in [1.807, 2.05) is 35.2 Å². The molecule has 0 saturated carbocycles. The molecular formula is C17H19N3O2S. The lowest BCUT2D eigenvalue weighted by molar-refractivity contribution is -0.139. The van der Waals surface area contributed by atoms with Crippen molar-refractivity contribution >= 4 is 17.7 Å². The molecule has 23 heavy (non-hydrogen) atoms. The van der Waals surface area contributed by atoms with Crippen LogP contribution in [0.2, 0.25) is 0 Å². The van der Waals surface area contributed by atoms with Gasteiger partial charge in [0.1, 0.15) is 5.75 Å². The molecule has 0 bridgehead atoms. The van der Waals surface area contributed by atoms with Crippen LogP contribution in [-0.2, 0) is 4.79 Å². The van der Waals surface area contributed by atoms with Crippen molar-refractivity contribution in [3.63, 3.8) is 0 Å². The van der Waals surface area contributed by atoms with Crippen molar-refractivity contribution in [3.05, 3.63) is 42.2 Å². The van der Waals surface area contributed by atoms with Gasteiger partial charge in [-0.15, -0.1) is 11.8 Å². The van der Waals surface area contributed by atoms with Crippen molar-refractivity contribution in [1.29, 1.82) is 0 Å². The van der Waals surface area contributed by atoms with E-state index < -0.39 is 0 Å². The Balaban J connectivity index is 1.45. The number of hydrogen-bond acceptors (Lipinski definition) is 4. The van der Waals surface area contributed by atoms with Crippen LogP contribution in [0.25, 0.3) is 0 Å². The van der Waals surface area contributed by atoms with Crippen LogP contribution in [0.4, 0.5) is 0 Å². The molecule has 2 aliphatic rings. The fourth-order valence-corrected chi connectivity index (χ4v) is 4.24. The first-order valence-electron chi connectivity index (χ1n) is 7.98. The lowest BCUT2D eigenvalue weighted by Gasteiger charge is -2.35. The van der Waals surface area contributed by atoms with Gasteiger partial charge in [0.15, 0.2) is 6.10 Å². The lowest BCUT2D eigenvalue weighted by atomic mass is 9.94. The van der Waals surface area contributed by atoms with Crippen LogP contribution < -0.4 is 4.74 Å². The monoisotopic (exact) mass is 329 g/mol. The fraction of sp³-hybridized carbons (Fsp3) is 0.412. The lowest BCUT2D eigenvalue weighted by Crippen LogP contribution is -2.48. The van der Waals surface area contributed by atoms with Gasteiger partial charge in [0.25, 0.3) is 5.91 Å². The number of aromatic nitrogens is 2. The zero-order chi connectivity index (χ0) is 15.6. The molecule has 0 aliphatic carbocycles. The van der Waals surface area contributed by atoms with E-state index in [-0.39, 0.29) is 12.0 Å². The predicted molar refractivity (Wildman–Crippen MR) is 88.7 cm³/mol. The topological polar surface area (TPSA) is 58.2 Å². The van der Waals surface area contributed by atoms with Gasteiger partial charge in [-0.3, -0.25) is 9.89 Å². The molecule has 2 aliphatic heterocycles. The van der Waals surface area contributed by atoms with Gasteiger partial charge in [-0.05, 0) is 31.0 Å². The SMILES string of the molecule is O=C([C@@H]1CSc2ccccc2O1)N1CCC[C@@H](c2ccn[nH]2)C1. The Kier molecular flexibility index (Phi) is 3.99. The Morgan fingerprint density at radius 3 is 3.13 bits per heavy atom. The quantitative estimate of drug-likeness (QED) is 0.920. The van der Waals surface area contributed by atoms with Gasteiger partial charge in [-0.2, -0.15) is 5.10 Å². The molecule has 1 aromatic heterocycles. The van der Waals surface area contributed by atoms with Gasteiger partial charge in [-0.1, -0.05) is 12.1 Å². The maximum atomic E-state index is 12.8. The molecule has 1 saturated heterocycles. The molecule has 1 aromatic carbocycles. The molecule has 1 fully saturated rings. The molecule has 1 N–H and O–H groups in total. The number of amides is 1. The first kappa shape index (κ1) is 14.6. The van der Waals surface area contributed by atoms with Crippen LogP contribution in [0.1, 0.15) is 24.5 Å². The summed E-state index contributed by atoms with van der Waals surface area (Å²) >= 11 is 1.70. The summed E-state index contributed by atoms with van der Waals surface area (Å²) in [5, 5.41) is 7.06. The number of nitrogens with zero attached hydrogens (tertiary/aromatic N) is 2. The summed E-state index contributed by atoms with van der Waals surface area (Å²) in [4.78, 5) is 15.9. The zero-order valence-electron chi connectivity index (χ0n) is 12.8. The number of carbonyl (C=O) groups excluding carboxylic acids is 1. The van der Waals surface area contributed by atoms with Crippen LogP contribution in [0, 0.1) is 0 Å². The Morgan fingerprint density at radius 2 is 2.26 bits per heavy atom. The first-order chi connectivity index (χ1) is 11.3. The van der Waals surface area contributed by atoms with Crippen molar-refractivity contribution in [2.24, 2.45) is 0 Å². The van der Waals surface area contributed by atoms with Crippen molar-refractivity contribution < 1.29 is 9.53 Å². The van der Waals surface area contributed by atoms with E-state index in [2.05, 4.69) is 10.2 Å². The van der Waals surface area contributed by atoms with Gasteiger partial charge in [0, 0.05) is 41.5 Å². The second kappa shape index (κ2) is 6.28. The number of likely N-dealkylation sites (tertiary alicyclic amines) is 1. The summed E-state index contributed by atoms with van der Waals surface area (Å²) in [5.74, 6) is 1.96. The molecular weight excluding hydrogens is 310 g/mol. The summed E-state index contributed by atoms with van der Waals surface area (Å²) in [5.41, 5.74) is 1.12. The van der Waals surface area contributed by atoms with Crippen LogP contribution in [0.15, 0.2) is 41.4 Å². The Bertz CT molecular complexity index is 689. The van der Waals surface area contributed by atoms with Crippen molar-refractivity contribution in [2.45, 2.75) is 29.8 Å². The second-order valence-corrected chi connectivity index (χ2v) is 7.06. The Morgan fingerprint density at radius 1 is 1.35 bits per heavy atom. The van der Waals surface area contributed by atoms with Crippen LogP contribution in [-0.4, -0.2) is 46.0 Å². The maximum absolute atomic E-state index is 12.8. The van der Waals surface area contributed by atoms with Gasteiger partial charge >= 0.3 is 0 Å². The maximum Gasteiger partial charge on any atom is 0.264 e. The minimum atomic E-state index is -0.379. The highest BCUT2D eigenvalue weighted by Crippen LogP contribution is 2.36. The van der Waals surface area contributed by atoms with E-state index >= 15 is 0 Å². The number of benzene rings is 1. The number of thioether (sulfide) groups is 1. The summed E-state index contributed by atoms with van der Waals surface area (Å²) in [6.07, 6.45) is 3.50. The second-order valence-electron chi connectivity index (χ2n) is 6.00. The fourth-order valence-electron chi connectivity index (χ4n) is 3.27. The van der Waals surface area contributed by atoms with E-state index in [1.54, 1.807) is 18.0 Å². The number of fused-ring (bicyclic) bond motifs is 1. The average molecular weight is 329 g/mol. The number of aromatic amines is 1. The number of rotatable bonds is 2. The molecule has 3 heterocycles. The third-order valence-corrected chi connectivity index (χ3v) is 5.60. The molecule has 0 unspecified atom stereocenters. The van der Waals surface area contributed by atoms with Crippen molar-refractivity contribution in [2.75, 3.05) is 18.8 Å². The molecule has 2 atom stereocenters. The Hall–Kier alpha value is -1.95. The van der Waals surface area contributed by atoms with Gasteiger partial charge in [-0.25, -0.2) is 0 Å². The molecule has 2 aromatic rings. The van der Waals surface area contributed by atoms with E-state index in [1.165, 1.54) is 0 Å². The van der Waals surface area contributed by atoms with Gasteiger partial charge in [0.2, 0.25) is 0 Å². The third-order valence-electron chi connectivity index (χ3n) is 4.48. The highest BCUT2D eigenvalue weighted by atomic mass is 32.2. The van der Waals surface area contributed by atoms with E-state index in [9.17, 15) is 4.79 Å². The average Bonchev–Trinajstić information content (AvgIpc) is 3.15. The highest BCUT2D eigenvalue weighted by molar-refractivity contribution is 7.99. The molecule has 120 valence electrons. The normalized spacial score (nSPS) is 23.9. The number of ether oxygens (including phenoxy) is 1. The van der Waals surface area contributed by atoms with Gasteiger partial charge < -0.3 is 9.64 Å². The van der Waals surface area contributed by atoms with Crippen LogP contribution in [0.3, 0.4) is 0 Å². The number of H-pyrrole nitrogens is 1. The number of piperidine rings is 1. The van der Waals surface area contributed by atoms with E-state index in [0.29, 0.717) is 11.7 Å². The van der Waals surface area contributed by atoms with E-state index in [0.717, 1.165) is 42.3 Å². The smallest absolute Gasteiger partial charge is 0.264 e. The van der Waals surface area contributed by atoms with Crippen LogP contribution >= 0.6 is 11.8 Å². The largest absolute Gasteiger partial charge is 0.479 e. The molecule has 4 rings (SSSR count). The van der Waals surface area contributed by atoms with Crippen molar-refractivity contribution in [3.8, 4) is 5.75 Å². The minimum Gasteiger partial charge on any atom is -0.479 e. The van der Waals surface area contributed by atoms with E-state index in [4.69, 9.17) is 4.74 Å². The van der Waals surface area contributed by atoms with Crippen LogP contribution in [0.5, 0.6) is 5.75 Å². The highest BCUT2D eigenvalue weighted by Gasteiger charge is 2.33. The molecule has 0 spiro atoms. The molecule has 0 radical (unpaired) electrons. The summed E-state index contributed by atoms with van der Waals surface area (Å²) in [7, 11) is 0. The third kappa shape index (κ3) is 2.95. The summed E-state index contributed by atoms with van der Waals surface area (Å²) < 4.78 is 5.94. The molecule has 6 heteroatoms. The minimum absolute atomic E-state index is 0.108. The summed E-state index contributed by atoms with van der Waals surface area (Å²) in [6.45, 7) is 1.56. The van der Waals surface area contributed by atoms with Gasteiger partial charge in [0.05, 0.1) is 0 Å². The predicted octanol–water partition coefficient (Wildman–Crippen LogP) is 2.67. The standard InChI is InChI=1S/C17H19N3O2S/c21-17(15-11-23-16-6-2-1-5-14(16)22-15)20-9-3-4-12(10-20)13-7-8-18-19-13/h1-2,5-8,12,15H,3-4,9-11H2,(H,18,19)/t12-,15+/m1/s1. The number of carbonyl (C=O) groups is 1. The molecule has 1 amide bonds. The number of para-hydroxylation sites is 1. The Labute approximate surface area is 139 Å². The molecule has 5 nitrogen and oxygen atoms in total. The number of nitrogens with one attached hydrogen (secondary N) is 1. The zero-order valence-corrected chi connectivity index (χ0v) is 13.6. The summed E-state index contributed by atoms with van der Waals surface area (Å²) in [6, 6.07) is 9.92. The first-order valence-corrected chi connectivity index (χ1v) is 8.96.